The molecule has 0 radical (unpaired) electrons. The third-order valence-corrected chi connectivity index (χ3v) is 2.67. The highest BCUT2D eigenvalue weighted by Crippen LogP contribution is 2.36. The summed E-state index contributed by atoms with van der Waals surface area (Å²) in [6.45, 7) is 1.59. The van der Waals surface area contributed by atoms with Gasteiger partial charge in [-0.05, 0) is 25.1 Å². The van der Waals surface area contributed by atoms with E-state index in [9.17, 15) is 18.0 Å². The molecule has 1 amide bonds. The lowest BCUT2D eigenvalue weighted by atomic mass is 10.2. The number of oxazole rings is 1. The van der Waals surface area contributed by atoms with Crippen LogP contribution in [0.5, 0.6) is 0 Å². The Morgan fingerprint density at radius 1 is 1.40 bits per heavy atom. The monoisotopic (exact) mass is 304 g/mol. The number of hydrogen-bond donors (Lipinski definition) is 1. The van der Waals surface area contributed by atoms with Crippen molar-refractivity contribution in [2.24, 2.45) is 0 Å². The zero-order valence-corrected chi connectivity index (χ0v) is 10.8. The molecule has 1 aromatic carbocycles. The molecule has 20 heavy (non-hydrogen) atoms. The van der Waals surface area contributed by atoms with Crippen LogP contribution in [-0.4, -0.2) is 10.9 Å². The van der Waals surface area contributed by atoms with E-state index in [1.807, 2.05) is 0 Å². The van der Waals surface area contributed by atoms with Crippen molar-refractivity contribution in [3.05, 3.63) is 46.6 Å². The van der Waals surface area contributed by atoms with Crippen LogP contribution >= 0.6 is 11.6 Å². The first kappa shape index (κ1) is 14.4. The number of carbonyl (C=O) groups is 1. The Morgan fingerprint density at radius 3 is 2.65 bits per heavy atom. The zero-order chi connectivity index (χ0) is 14.9. The molecular formula is C12H8ClF3N2O2. The summed E-state index contributed by atoms with van der Waals surface area (Å²) in [6, 6.07) is 3.06. The summed E-state index contributed by atoms with van der Waals surface area (Å²) in [6.07, 6.45) is -3.27. The fourth-order valence-corrected chi connectivity index (χ4v) is 1.69. The normalized spacial score (nSPS) is 11.4. The van der Waals surface area contributed by atoms with Gasteiger partial charge in [-0.3, -0.25) is 4.79 Å². The fraction of sp³-hybridized carbons (Fsp3) is 0.167. The van der Waals surface area contributed by atoms with Crippen molar-refractivity contribution in [2.45, 2.75) is 13.1 Å². The van der Waals surface area contributed by atoms with Gasteiger partial charge >= 0.3 is 12.1 Å². The molecule has 106 valence electrons. The van der Waals surface area contributed by atoms with Gasteiger partial charge in [0.2, 0.25) is 0 Å². The quantitative estimate of drug-likeness (QED) is 0.915. The van der Waals surface area contributed by atoms with Crippen molar-refractivity contribution in [3.8, 4) is 0 Å². The number of rotatable bonds is 2. The Bertz CT molecular complexity index is 652. The van der Waals surface area contributed by atoms with Crippen molar-refractivity contribution < 1.29 is 22.4 Å². The van der Waals surface area contributed by atoms with Gasteiger partial charge in [0.15, 0.2) is 0 Å². The topological polar surface area (TPSA) is 55.1 Å². The molecule has 2 rings (SSSR count). The molecule has 1 aromatic heterocycles. The van der Waals surface area contributed by atoms with Crippen LogP contribution in [0.2, 0.25) is 5.02 Å². The van der Waals surface area contributed by atoms with Crippen LogP contribution in [0.25, 0.3) is 0 Å². The Kier molecular flexibility index (Phi) is 3.71. The number of halogens is 4. The Balaban J connectivity index is 2.24. The molecular weight excluding hydrogens is 297 g/mol. The van der Waals surface area contributed by atoms with Crippen LogP contribution in [0.1, 0.15) is 22.0 Å². The highest BCUT2D eigenvalue weighted by Gasteiger charge is 2.33. The largest absolute Gasteiger partial charge is 0.438 e. The molecule has 1 heterocycles. The highest BCUT2D eigenvalue weighted by atomic mass is 35.5. The van der Waals surface area contributed by atoms with Crippen molar-refractivity contribution in [3.63, 3.8) is 0 Å². The molecule has 0 unspecified atom stereocenters. The van der Waals surface area contributed by atoms with E-state index in [1.165, 1.54) is 12.3 Å². The van der Waals surface area contributed by atoms with Gasteiger partial charge < -0.3 is 9.73 Å². The minimum absolute atomic E-state index is 0.0532. The van der Waals surface area contributed by atoms with E-state index < -0.39 is 22.7 Å². The van der Waals surface area contributed by atoms with E-state index >= 15 is 0 Å². The van der Waals surface area contributed by atoms with E-state index in [1.54, 1.807) is 6.92 Å². The number of hydrogen-bond acceptors (Lipinski definition) is 3. The SMILES string of the molecule is Cc1cnc(C(=O)Nc2ccc(Cl)c(C(F)(F)F)c2)o1. The molecule has 0 aliphatic carbocycles. The second kappa shape index (κ2) is 5.16. The Morgan fingerprint density at radius 2 is 2.10 bits per heavy atom. The van der Waals surface area contributed by atoms with Crippen molar-refractivity contribution in [2.75, 3.05) is 5.32 Å². The van der Waals surface area contributed by atoms with Crippen LogP contribution in [0.3, 0.4) is 0 Å². The Hall–Kier alpha value is -2.02. The lowest BCUT2D eigenvalue weighted by molar-refractivity contribution is -0.137. The average Bonchev–Trinajstić information content (AvgIpc) is 2.77. The van der Waals surface area contributed by atoms with Gasteiger partial charge in [-0.25, -0.2) is 4.98 Å². The van der Waals surface area contributed by atoms with Gasteiger partial charge in [0, 0.05) is 5.69 Å². The average molecular weight is 305 g/mol. The minimum Gasteiger partial charge on any atom is -0.438 e. The number of aryl methyl sites for hydroxylation is 1. The summed E-state index contributed by atoms with van der Waals surface area (Å²) in [5.74, 6) is -0.554. The molecule has 4 nitrogen and oxygen atoms in total. The summed E-state index contributed by atoms with van der Waals surface area (Å²) in [5, 5.41) is 1.82. The van der Waals surface area contributed by atoms with Gasteiger partial charge in [-0.15, -0.1) is 0 Å². The number of amides is 1. The van der Waals surface area contributed by atoms with Gasteiger partial charge in [0.25, 0.3) is 5.89 Å². The number of nitrogens with one attached hydrogen (secondary N) is 1. The Labute approximate surface area is 116 Å². The fourth-order valence-electron chi connectivity index (χ4n) is 1.46. The van der Waals surface area contributed by atoms with Crippen LogP contribution < -0.4 is 5.32 Å². The van der Waals surface area contributed by atoms with E-state index in [-0.39, 0.29) is 11.6 Å². The van der Waals surface area contributed by atoms with Gasteiger partial charge in [-0.2, -0.15) is 13.2 Å². The standard InChI is InChI=1S/C12H8ClF3N2O2/c1-6-5-17-11(20-6)10(19)18-7-2-3-9(13)8(4-7)12(14,15)16/h2-5H,1H3,(H,18,19). The molecule has 0 bridgehead atoms. The second-order valence-corrected chi connectivity index (χ2v) is 4.33. The van der Waals surface area contributed by atoms with E-state index in [4.69, 9.17) is 16.0 Å². The number of alkyl halides is 3. The first-order valence-corrected chi connectivity index (χ1v) is 5.75. The zero-order valence-electron chi connectivity index (χ0n) is 10.1. The number of nitrogens with zero attached hydrogens (tertiary/aromatic N) is 1. The molecule has 0 aliphatic heterocycles. The second-order valence-electron chi connectivity index (χ2n) is 3.92. The van der Waals surface area contributed by atoms with Crippen LogP contribution in [-0.2, 0) is 6.18 Å². The lowest BCUT2D eigenvalue weighted by Gasteiger charge is -2.11. The molecule has 0 spiro atoms. The molecule has 2 aromatic rings. The molecule has 0 atom stereocenters. The molecule has 0 saturated heterocycles. The third kappa shape index (κ3) is 3.11. The smallest absolute Gasteiger partial charge is 0.417 e. The summed E-state index contributed by atoms with van der Waals surface area (Å²) in [4.78, 5) is 15.4. The van der Waals surface area contributed by atoms with E-state index in [0.717, 1.165) is 12.1 Å². The molecule has 1 N–H and O–H groups in total. The molecule has 0 fully saturated rings. The van der Waals surface area contributed by atoms with Gasteiger partial charge in [0.1, 0.15) is 5.76 Å². The van der Waals surface area contributed by atoms with Crippen molar-refractivity contribution in [1.29, 1.82) is 0 Å². The van der Waals surface area contributed by atoms with Crippen LogP contribution in [0.15, 0.2) is 28.8 Å². The van der Waals surface area contributed by atoms with E-state index in [0.29, 0.717) is 5.76 Å². The molecule has 0 aliphatic rings. The summed E-state index contributed by atoms with van der Waals surface area (Å²) < 4.78 is 43.0. The maximum absolute atomic E-state index is 12.7. The minimum atomic E-state index is -4.60. The summed E-state index contributed by atoms with van der Waals surface area (Å²) >= 11 is 5.47. The number of benzene rings is 1. The lowest BCUT2D eigenvalue weighted by Crippen LogP contribution is -2.13. The van der Waals surface area contributed by atoms with Gasteiger partial charge in [0.05, 0.1) is 16.8 Å². The first-order valence-electron chi connectivity index (χ1n) is 5.38. The number of anilines is 1. The highest BCUT2D eigenvalue weighted by molar-refractivity contribution is 6.31. The molecule has 0 saturated carbocycles. The predicted octanol–water partition coefficient (Wildman–Crippen LogP) is 3.91. The number of carbonyl (C=O) groups excluding carboxylic acids is 1. The first-order chi connectivity index (χ1) is 9.27. The number of aromatic nitrogens is 1. The predicted molar refractivity (Wildman–Crippen MR) is 65.6 cm³/mol. The maximum Gasteiger partial charge on any atom is 0.417 e. The van der Waals surface area contributed by atoms with Crippen molar-refractivity contribution >= 4 is 23.2 Å². The van der Waals surface area contributed by atoms with Gasteiger partial charge in [-0.1, -0.05) is 11.6 Å². The third-order valence-electron chi connectivity index (χ3n) is 2.35. The maximum atomic E-state index is 12.7. The molecule has 8 heteroatoms. The summed E-state index contributed by atoms with van der Waals surface area (Å²) in [5.41, 5.74) is -1.08. The van der Waals surface area contributed by atoms with E-state index in [2.05, 4.69) is 10.3 Å². The van der Waals surface area contributed by atoms with Crippen molar-refractivity contribution in [1.82, 2.24) is 4.98 Å². The summed E-state index contributed by atoms with van der Waals surface area (Å²) in [7, 11) is 0. The van der Waals surface area contributed by atoms with Crippen LogP contribution in [0, 0.1) is 6.92 Å². The van der Waals surface area contributed by atoms with Crippen LogP contribution in [0.4, 0.5) is 18.9 Å².